The summed E-state index contributed by atoms with van der Waals surface area (Å²) in [4.78, 5) is 12.5. The predicted molar refractivity (Wildman–Crippen MR) is 244 cm³/mol. The largest absolute Gasteiger partial charge is 0.398 e. The number of benzene rings is 6. The fourth-order valence-corrected chi connectivity index (χ4v) is 9.49. The third kappa shape index (κ3) is 5.33. The quantitative estimate of drug-likeness (QED) is 0.0840. The van der Waals surface area contributed by atoms with Crippen LogP contribution < -0.4 is 52.3 Å². The molecule has 1 fully saturated rings. The summed E-state index contributed by atoms with van der Waals surface area (Å²) in [6.07, 6.45) is -2.15. The molecule has 0 spiro atoms. The highest BCUT2D eigenvalue weighted by Crippen LogP contribution is 2.60. The number of aliphatic hydroxyl groups excluding tert-OH is 2. The molecule has 0 bridgehead atoms. The van der Waals surface area contributed by atoms with Crippen molar-refractivity contribution in [2.75, 3.05) is 137 Å². The van der Waals surface area contributed by atoms with E-state index < -0.39 is 24.0 Å². The van der Waals surface area contributed by atoms with Crippen LogP contribution in [0.2, 0.25) is 0 Å². The molecule has 0 aliphatic heterocycles. The van der Waals surface area contributed by atoms with E-state index >= 15 is 0 Å². The SMILES string of the molecule is CN(C)c1ccc(N)c2c(C3C(O)C(c4c5c(N)ccc(N(C)C)c5c(N(C)C)c5c(N(C)C)ccc(N)c45)C3O)c3c(N)ccc(N(C)C)c3c(N(C)C)c12. The van der Waals surface area contributed by atoms with Gasteiger partial charge in [-0.3, -0.25) is 0 Å². The molecule has 10 N–H and O–H groups in total. The van der Waals surface area contributed by atoms with Gasteiger partial charge in [-0.2, -0.15) is 0 Å². The van der Waals surface area contributed by atoms with Gasteiger partial charge in [0.2, 0.25) is 0 Å². The number of nitrogens with two attached hydrogens (primary N) is 4. The Kier molecular flexibility index (Phi) is 9.29. The molecule has 0 saturated heterocycles. The summed E-state index contributed by atoms with van der Waals surface area (Å²) in [6.45, 7) is 0. The lowest BCUT2D eigenvalue weighted by Gasteiger charge is -2.49. The van der Waals surface area contributed by atoms with Gasteiger partial charge >= 0.3 is 0 Å². The molecule has 0 amide bonds. The molecule has 12 nitrogen and oxygen atoms in total. The number of anilines is 10. The molecule has 0 radical (unpaired) electrons. The average molecular weight is 759 g/mol. The Bertz CT molecular complexity index is 2230. The molecule has 1 aliphatic rings. The van der Waals surface area contributed by atoms with Gasteiger partial charge in [0.1, 0.15) is 0 Å². The van der Waals surface area contributed by atoms with Crippen molar-refractivity contribution in [3.8, 4) is 0 Å². The number of rotatable bonds is 8. The first-order valence-electron chi connectivity index (χ1n) is 18.9. The number of hydrogen-bond acceptors (Lipinski definition) is 12. The minimum absolute atomic E-state index is 0.536. The number of hydrogen-bond donors (Lipinski definition) is 6. The Labute approximate surface area is 330 Å². The third-order valence-electron chi connectivity index (χ3n) is 11.8. The highest BCUT2D eigenvalue weighted by molar-refractivity contribution is 6.28. The van der Waals surface area contributed by atoms with Crippen molar-refractivity contribution in [1.82, 2.24) is 0 Å². The van der Waals surface area contributed by atoms with Crippen molar-refractivity contribution in [3.05, 3.63) is 59.7 Å². The van der Waals surface area contributed by atoms with Crippen LogP contribution in [0, 0.1) is 0 Å². The lowest BCUT2D eigenvalue weighted by molar-refractivity contribution is -0.0765. The molecule has 1 aliphatic carbocycles. The van der Waals surface area contributed by atoms with E-state index in [0.717, 1.165) is 88.3 Å². The first kappa shape index (κ1) is 38.6. The smallest absolute Gasteiger partial charge is 0.0728 e. The average Bonchev–Trinajstić information content (AvgIpc) is 3.10. The van der Waals surface area contributed by atoms with E-state index in [0.29, 0.717) is 22.7 Å². The van der Waals surface area contributed by atoms with Gasteiger partial charge in [0.05, 0.1) is 23.6 Å². The van der Waals surface area contributed by atoms with Crippen LogP contribution in [0.4, 0.5) is 56.9 Å². The van der Waals surface area contributed by atoms with Crippen molar-refractivity contribution in [3.63, 3.8) is 0 Å². The third-order valence-corrected chi connectivity index (χ3v) is 11.8. The van der Waals surface area contributed by atoms with Gasteiger partial charge in [-0.25, -0.2) is 0 Å². The zero-order valence-electron chi connectivity index (χ0n) is 34.8. The molecule has 12 heteroatoms. The van der Waals surface area contributed by atoms with Crippen LogP contribution in [0.25, 0.3) is 43.1 Å². The van der Waals surface area contributed by atoms with Gasteiger partial charge < -0.3 is 62.5 Å². The van der Waals surface area contributed by atoms with Crippen LogP contribution in [0.5, 0.6) is 0 Å². The first-order valence-corrected chi connectivity index (χ1v) is 18.9. The zero-order chi connectivity index (χ0) is 41.0. The summed E-state index contributed by atoms with van der Waals surface area (Å²) in [5.74, 6) is -1.54. The van der Waals surface area contributed by atoms with Crippen LogP contribution in [-0.4, -0.2) is 107 Å². The van der Waals surface area contributed by atoms with Gasteiger partial charge in [0, 0.05) is 185 Å². The molecule has 0 heterocycles. The Morgan fingerprint density at radius 3 is 0.732 bits per heavy atom. The predicted octanol–water partition coefficient (Wildman–Crippen LogP) is 5.63. The Balaban J connectivity index is 1.65. The second-order valence-electron chi connectivity index (χ2n) is 16.6. The lowest BCUT2D eigenvalue weighted by atomic mass is 9.60. The normalized spacial score (nSPS) is 18.1. The fraction of sp³-hybridized carbons (Fsp3) is 0.364. The van der Waals surface area contributed by atoms with E-state index in [1.807, 2.05) is 133 Å². The minimum Gasteiger partial charge on any atom is -0.398 e. The van der Waals surface area contributed by atoms with E-state index in [-0.39, 0.29) is 0 Å². The topological polar surface area (TPSA) is 164 Å². The van der Waals surface area contributed by atoms with Crippen molar-refractivity contribution in [1.29, 1.82) is 0 Å². The van der Waals surface area contributed by atoms with Crippen molar-refractivity contribution < 1.29 is 10.2 Å². The molecule has 296 valence electrons. The summed E-state index contributed by atoms with van der Waals surface area (Å²) in [7, 11) is 24.2. The van der Waals surface area contributed by atoms with Crippen molar-refractivity contribution in [2.24, 2.45) is 0 Å². The molecule has 0 aromatic heterocycles. The minimum atomic E-state index is -1.08. The van der Waals surface area contributed by atoms with Gasteiger partial charge in [0.15, 0.2) is 0 Å². The maximum absolute atomic E-state index is 12.9. The standard InChI is InChI=1S/C44H58N10O2/c1-49(2)25-17-13-21(45)29-33(25)41(53(9)10)34-26(50(3)4)18-14-22(46)30(34)37(29)39-43(55)40(44(39)56)38-31-23(47)15-19-27(51(5)6)35(31)42(54(11)12)36-28(52(7)8)20-16-24(48)32(36)38/h13-20,39-40,43-44,55-56H,45-48H2,1-12H3. The van der Waals surface area contributed by atoms with Crippen molar-refractivity contribution >= 4 is 100.0 Å². The maximum Gasteiger partial charge on any atom is 0.0728 e. The molecule has 6 aromatic carbocycles. The molecule has 0 atom stereocenters. The molecular weight excluding hydrogens is 701 g/mol. The highest BCUT2D eigenvalue weighted by Gasteiger charge is 2.53. The molecule has 1 saturated carbocycles. The van der Waals surface area contributed by atoms with E-state index in [9.17, 15) is 10.2 Å². The van der Waals surface area contributed by atoms with Gasteiger partial charge in [-0.05, 0) is 59.7 Å². The van der Waals surface area contributed by atoms with Crippen LogP contribution in [0.3, 0.4) is 0 Å². The van der Waals surface area contributed by atoms with Crippen LogP contribution in [0.15, 0.2) is 48.5 Å². The number of aliphatic hydroxyl groups is 2. The maximum atomic E-state index is 12.9. The number of nitrogens with zero attached hydrogens (tertiary/aromatic N) is 6. The lowest BCUT2D eigenvalue weighted by Crippen LogP contribution is -2.52. The molecule has 6 aromatic rings. The zero-order valence-corrected chi connectivity index (χ0v) is 34.8. The van der Waals surface area contributed by atoms with E-state index in [1.54, 1.807) is 0 Å². The van der Waals surface area contributed by atoms with Crippen LogP contribution in [0.1, 0.15) is 23.0 Å². The van der Waals surface area contributed by atoms with Gasteiger partial charge in [-0.15, -0.1) is 0 Å². The summed E-state index contributed by atoms with van der Waals surface area (Å²) < 4.78 is 0. The van der Waals surface area contributed by atoms with Crippen molar-refractivity contribution in [2.45, 2.75) is 24.0 Å². The fourth-order valence-electron chi connectivity index (χ4n) is 9.49. The molecule has 56 heavy (non-hydrogen) atoms. The van der Waals surface area contributed by atoms with Crippen LogP contribution in [-0.2, 0) is 0 Å². The van der Waals surface area contributed by atoms with E-state index in [1.165, 1.54) is 0 Å². The van der Waals surface area contributed by atoms with Gasteiger partial charge in [-0.1, -0.05) is 0 Å². The summed E-state index contributed by atoms with van der Waals surface area (Å²) in [5.41, 5.74) is 37.4. The van der Waals surface area contributed by atoms with E-state index in [4.69, 9.17) is 22.9 Å². The highest BCUT2D eigenvalue weighted by atomic mass is 16.3. The summed E-state index contributed by atoms with van der Waals surface area (Å²) in [6, 6.07) is 15.7. The molecule has 0 unspecified atom stereocenters. The second-order valence-corrected chi connectivity index (χ2v) is 16.6. The second kappa shape index (κ2) is 13.5. The summed E-state index contributed by atoms with van der Waals surface area (Å²) >= 11 is 0. The first-order chi connectivity index (χ1) is 26.3. The monoisotopic (exact) mass is 758 g/mol. The van der Waals surface area contributed by atoms with E-state index in [2.05, 4.69) is 29.4 Å². The Hall–Kier alpha value is -5.72. The number of fused-ring (bicyclic) bond motifs is 4. The Morgan fingerprint density at radius 1 is 0.339 bits per heavy atom. The molecular formula is C44H58N10O2. The summed E-state index contributed by atoms with van der Waals surface area (Å²) in [5, 5.41) is 32.6. The Morgan fingerprint density at radius 2 is 0.554 bits per heavy atom. The molecule has 7 rings (SSSR count). The van der Waals surface area contributed by atoms with Gasteiger partial charge in [0.25, 0.3) is 0 Å². The number of nitrogen functional groups attached to an aromatic ring is 4. The van der Waals surface area contributed by atoms with Crippen LogP contribution >= 0.6 is 0 Å².